The quantitative estimate of drug-likeness (QED) is 0.700. The normalized spacial score (nSPS) is 24.5. The molecule has 0 bridgehead atoms. The lowest BCUT2D eigenvalue weighted by Gasteiger charge is -2.32. The molecule has 1 saturated heterocycles. The number of nitrogens with zero attached hydrogens (tertiary/aromatic N) is 1. The summed E-state index contributed by atoms with van der Waals surface area (Å²) in [5.74, 6) is 0.824. The van der Waals surface area contributed by atoms with Crippen LogP contribution in [0, 0.1) is 0 Å². The van der Waals surface area contributed by atoms with Crippen molar-refractivity contribution in [2.45, 2.75) is 12.3 Å². The molecular weight excluding hydrogens is 294 g/mol. The number of halogens is 1. The van der Waals surface area contributed by atoms with Crippen LogP contribution in [0.15, 0.2) is 0 Å². The summed E-state index contributed by atoms with van der Waals surface area (Å²) in [7, 11) is -7.05. The fourth-order valence-electron chi connectivity index (χ4n) is 1.42. The number of thioether (sulfide) groups is 1. The highest BCUT2D eigenvalue weighted by Crippen LogP contribution is 2.24. The van der Waals surface area contributed by atoms with E-state index in [0.717, 1.165) is 4.31 Å². The molecule has 0 amide bonds. The molecule has 0 radical (unpaired) electrons. The van der Waals surface area contributed by atoms with Crippen LogP contribution >= 0.6 is 23.4 Å². The Morgan fingerprint density at radius 1 is 1.38 bits per heavy atom. The molecule has 1 aliphatic heterocycles. The minimum Gasteiger partial charge on any atom is -0.227 e. The lowest BCUT2D eigenvalue weighted by molar-refractivity contribution is 0.406. The summed E-state index contributed by atoms with van der Waals surface area (Å²) in [6.45, 7) is 1.73. The maximum absolute atomic E-state index is 11.8. The van der Waals surface area contributed by atoms with Gasteiger partial charge in [0.15, 0.2) is 9.84 Å². The average Bonchev–Trinajstić information content (AvgIpc) is 2.29. The molecule has 16 heavy (non-hydrogen) atoms. The molecule has 0 aromatic heterocycles. The van der Waals surface area contributed by atoms with Crippen LogP contribution in [0.4, 0.5) is 0 Å². The van der Waals surface area contributed by atoms with E-state index in [1.54, 1.807) is 0 Å². The third-order valence-corrected chi connectivity index (χ3v) is 8.03. The standard InChI is InChI=1S/C7H14ClNO4S3/c1-2-15(10,11)7-5-14-4-3-9(7)16(12,13)6-8/h7H,2-6H2,1H3. The highest BCUT2D eigenvalue weighted by molar-refractivity contribution is 8.01. The average molecular weight is 308 g/mol. The fraction of sp³-hybridized carbons (Fsp3) is 1.00. The van der Waals surface area contributed by atoms with E-state index in [4.69, 9.17) is 11.6 Å². The first-order valence-corrected chi connectivity index (χ1v) is 9.71. The van der Waals surface area contributed by atoms with Crippen molar-refractivity contribution in [1.29, 1.82) is 0 Å². The predicted octanol–water partition coefficient (Wildman–Crippen LogP) is 0.322. The summed E-state index contributed by atoms with van der Waals surface area (Å²) < 4.78 is 47.8. The van der Waals surface area contributed by atoms with E-state index in [2.05, 4.69) is 0 Å². The van der Waals surface area contributed by atoms with Crippen molar-refractivity contribution in [3.8, 4) is 0 Å². The molecular formula is C7H14ClNO4S3. The topological polar surface area (TPSA) is 71.5 Å². The number of hydrogen-bond acceptors (Lipinski definition) is 5. The van der Waals surface area contributed by atoms with Gasteiger partial charge in [-0.2, -0.15) is 16.1 Å². The molecule has 0 aliphatic carbocycles. The third-order valence-electron chi connectivity index (χ3n) is 2.35. The monoisotopic (exact) mass is 307 g/mol. The fourth-order valence-corrected chi connectivity index (χ4v) is 6.56. The molecule has 0 spiro atoms. The second-order valence-corrected chi connectivity index (χ2v) is 9.42. The van der Waals surface area contributed by atoms with E-state index in [1.165, 1.54) is 18.7 Å². The third kappa shape index (κ3) is 3.04. The van der Waals surface area contributed by atoms with Crippen LogP contribution in [0.3, 0.4) is 0 Å². The summed E-state index contributed by atoms with van der Waals surface area (Å²) >= 11 is 6.80. The van der Waals surface area contributed by atoms with Crippen LogP contribution in [-0.4, -0.2) is 55.5 Å². The Kier molecular flexibility index (Phi) is 4.94. The molecule has 0 aromatic carbocycles. The van der Waals surface area contributed by atoms with Crippen LogP contribution in [0.2, 0.25) is 0 Å². The number of alkyl halides is 1. The summed E-state index contributed by atoms with van der Waals surface area (Å²) in [5.41, 5.74) is 0. The lowest BCUT2D eigenvalue weighted by Crippen LogP contribution is -2.50. The Balaban J connectivity index is 3.07. The SMILES string of the molecule is CCS(=O)(=O)C1CSCCN1S(=O)(=O)CCl. The van der Waals surface area contributed by atoms with Crippen LogP contribution < -0.4 is 0 Å². The van der Waals surface area contributed by atoms with Gasteiger partial charge in [-0.15, -0.1) is 11.6 Å². The van der Waals surface area contributed by atoms with Crippen molar-refractivity contribution in [2.75, 3.05) is 29.0 Å². The van der Waals surface area contributed by atoms with Gasteiger partial charge >= 0.3 is 0 Å². The first-order chi connectivity index (χ1) is 7.35. The number of sulfone groups is 1. The Morgan fingerprint density at radius 2 is 2.00 bits per heavy atom. The minimum atomic E-state index is -3.66. The van der Waals surface area contributed by atoms with Gasteiger partial charge in [-0.25, -0.2) is 16.8 Å². The minimum absolute atomic E-state index is 0.0630. The van der Waals surface area contributed by atoms with E-state index in [0.29, 0.717) is 5.75 Å². The molecule has 96 valence electrons. The zero-order valence-corrected chi connectivity index (χ0v) is 12.0. The van der Waals surface area contributed by atoms with Crippen molar-refractivity contribution >= 4 is 43.2 Å². The van der Waals surface area contributed by atoms with E-state index < -0.39 is 30.4 Å². The first kappa shape index (κ1) is 14.6. The molecule has 0 saturated carbocycles. The molecule has 5 nitrogen and oxygen atoms in total. The molecule has 1 fully saturated rings. The molecule has 1 rings (SSSR count). The van der Waals surface area contributed by atoms with Gasteiger partial charge in [-0.05, 0) is 0 Å². The zero-order valence-electron chi connectivity index (χ0n) is 8.80. The van der Waals surface area contributed by atoms with Gasteiger partial charge in [0.05, 0.1) is 0 Å². The van der Waals surface area contributed by atoms with E-state index in [-0.39, 0.29) is 18.1 Å². The van der Waals surface area contributed by atoms with Crippen LogP contribution in [0.1, 0.15) is 6.92 Å². The highest BCUT2D eigenvalue weighted by atomic mass is 35.5. The Morgan fingerprint density at radius 3 is 2.50 bits per heavy atom. The lowest BCUT2D eigenvalue weighted by atomic mass is 10.6. The van der Waals surface area contributed by atoms with Gasteiger partial charge in [0.2, 0.25) is 10.0 Å². The van der Waals surface area contributed by atoms with Gasteiger partial charge < -0.3 is 0 Å². The molecule has 0 N–H and O–H groups in total. The number of hydrogen-bond donors (Lipinski definition) is 0. The number of sulfonamides is 1. The van der Waals surface area contributed by atoms with E-state index in [1.807, 2.05) is 0 Å². The van der Waals surface area contributed by atoms with Crippen molar-refractivity contribution in [3.63, 3.8) is 0 Å². The Labute approximate surface area is 105 Å². The summed E-state index contributed by atoms with van der Waals surface area (Å²) in [5, 5.41) is -1.53. The van der Waals surface area contributed by atoms with Gasteiger partial charge in [0.1, 0.15) is 10.6 Å². The molecule has 1 atom stereocenters. The Bertz CT molecular complexity index is 391. The van der Waals surface area contributed by atoms with Gasteiger partial charge in [-0.1, -0.05) is 6.92 Å². The molecule has 0 aromatic rings. The van der Waals surface area contributed by atoms with E-state index >= 15 is 0 Å². The summed E-state index contributed by atoms with van der Waals surface area (Å²) in [6.07, 6.45) is 0. The Hall–Kier alpha value is 0.500. The van der Waals surface area contributed by atoms with Crippen molar-refractivity contribution in [3.05, 3.63) is 0 Å². The zero-order chi connectivity index (χ0) is 12.4. The van der Waals surface area contributed by atoms with Crippen molar-refractivity contribution in [1.82, 2.24) is 4.31 Å². The molecule has 9 heteroatoms. The number of rotatable bonds is 4. The van der Waals surface area contributed by atoms with Gasteiger partial charge in [0.25, 0.3) is 0 Å². The van der Waals surface area contributed by atoms with Gasteiger partial charge in [-0.3, -0.25) is 0 Å². The second kappa shape index (κ2) is 5.43. The highest BCUT2D eigenvalue weighted by Gasteiger charge is 2.39. The van der Waals surface area contributed by atoms with Crippen molar-refractivity contribution < 1.29 is 16.8 Å². The van der Waals surface area contributed by atoms with Crippen LogP contribution in [-0.2, 0) is 19.9 Å². The van der Waals surface area contributed by atoms with Crippen molar-refractivity contribution in [2.24, 2.45) is 0 Å². The maximum atomic E-state index is 11.8. The molecule has 1 unspecified atom stereocenters. The van der Waals surface area contributed by atoms with Crippen LogP contribution in [0.5, 0.6) is 0 Å². The summed E-state index contributed by atoms with van der Waals surface area (Å²) in [4.78, 5) is 0. The first-order valence-electron chi connectivity index (χ1n) is 4.70. The van der Waals surface area contributed by atoms with Gasteiger partial charge in [0, 0.05) is 23.8 Å². The predicted molar refractivity (Wildman–Crippen MR) is 66.9 cm³/mol. The molecule has 1 heterocycles. The molecule has 1 aliphatic rings. The second-order valence-electron chi connectivity index (χ2n) is 3.31. The van der Waals surface area contributed by atoms with Crippen LogP contribution in [0.25, 0.3) is 0 Å². The smallest absolute Gasteiger partial charge is 0.227 e. The van der Waals surface area contributed by atoms with E-state index in [9.17, 15) is 16.8 Å². The summed E-state index contributed by atoms with van der Waals surface area (Å²) in [6, 6.07) is 0. The maximum Gasteiger partial charge on any atom is 0.229 e. The largest absolute Gasteiger partial charge is 0.229 e.